The Balaban J connectivity index is 1.68. The first-order valence-electron chi connectivity index (χ1n) is 11.0. The zero-order valence-corrected chi connectivity index (χ0v) is 19.8. The highest BCUT2D eigenvalue weighted by Gasteiger charge is 2.22. The molecule has 2 aromatic carbocycles. The summed E-state index contributed by atoms with van der Waals surface area (Å²) in [7, 11) is 1.53. The fourth-order valence-corrected chi connectivity index (χ4v) is 3.79. The fraction of sp³-hybridized carbons (Fsp3) is 0.269. The number of amides is 2. The minimum atomic E-state index is -0.356. The van der Waals surface area contributed by atoms with Gasteiger partial charge in [-0.1, -0.05) is 31.5 Å². The second kappa shape index (κ2) is 11.2. The van der Waals surface area contributed by atoms with Crippen LogP contribution in [0.25, 0.3) is 0 Å². The molecule has 1 aromatic heterocycles. The number of methoxy groups -OCH3 is 1. The van der Waals surface area contributed by atoms with Gasteiger partial charge >= 0.3 is 0 Å². The van der Waals surface area contributed by atoms with Crippen LogP contribution >= 0.6 is 0 Å². The van der Waals surface area contributed by atoms with Crippen molar-refractivity contribution in [2.24, 2.45) is 0 Å². The maximum absolute atomic E-state index is 13.0. The molecule has 0 saturated heterocycles. The molecule has 1 heterocycles. The van der Waals surface area contributed by atoms with E-state index in [1.165, 1.54) is 14.0 Å². The number of aromatic nitrogens is 1. The molecule has 0 radical (unpaired) electrons. The molecule has 34 heavy (non-hydrogen) atoms. The summed E-state index contributed by atoms with van der Waals surface area (Å²) in [5.74, 6) is 0.231. The normalized spacial score (nSPS) is 10.5. The molecule has 0 aliphatic carbocycles. The highest BCUT2D eigenvalue weighted by molar-refractivity contribution is 6.08. The van der Waals surface area contributed by atoms with Gasteiger partial charge in [-0.25, -0.2) is 0 Å². The highest BCUT2D eigenvalue weighted by atomic mass is 16.5. The number of benzene rings is 2. The van der Waals surface area contributed by atoms with Crippen molar-refractivity contribution in [1.29, 1.82) is 0 Å². The van der Waals surface area contributed by atoms with Gasteiger partial charge in [0.15, 0.2) is 23.9 Å². The van der Waals surface area contributed by atoms with Crippen LogP contribution < -0.4 is 20.1 Å². The molecule has 8 nitrogen and oxygen atoms in total. The Kier molecular flexibility index (Phi) is 8.08. The number of aryl methyl sites for hydroxylation is 1. The lowest BCUT2D eigenvalue weighted by Gasteiger charge is -2.11. The average molecular weight is 464 g/mol. The van der Waals surface area contributed by atoms with Crippen molar-refractivity contribution in [2.75, 3.05) is 24.4 Å². The smallest absolute Gasteiger partial charge is 0.272 e. The first-order valence-corrected chi connectivity index (χ1v) is 11.0. The predicted octanol–water partition coefficient (Wildman–Crippen LogP) is 4.76. The van der Waals surface area contributed by atoms with Gasteiger partial charge in [0.25, 0.3) is 11.8 Å². The van der Waals surface area contributed by atoms with Gasteiger partial charge in [-0.3, -0.25) is 14.4 Å². The second-order valence-corrected chi connectivity index (χ2v) is 7.81. The number of hydrogen-bond acceptors (Lipinski definition) is 5. The van der Waals surface area contributed by atoms with Crippen molar-refractivity contribution < 1.29 is 23.9 Å². The molecule has 3 N–H and O–H groups in total. The van der Waals surface area contributed by atoms with Gasteiger partial charge in [0, 0.05) is 22.6 Å². The number of ether oxygens (including phenoxy) is 2. The van der Waals surface area contributed by atoms with E-state index < -0.39 is 0 Å². The third-order valence-corrected chi connectivity index (χ3v) is 5.20. The van der Waals surface area contributed by atoms with Crippen LogP contribution in [0.2, 0.25) is 0 Å². The third-order valence-electron chi connectivity index (χ3n) is 5.20. The highest BCUT2D eigenvalue weighted by Crippen LogP contribution is 2.26. The van der Waals surface area contributed by atoms with Crippen LogP contribution in [0.1, 0.15) is 52.4 Å². The van der Waals surface area contributed by atoms with E-state index in [1.807, 2.05) is 13.0 Å². The lowest BCUT2D eigenvalue weighted by atomic mass is 10.0. The quantitative estimate of drug-likeness (QED) is 0.376. The number of H-pyrrole nitrogens is 1. The first kappa shape index (κ1) is 24.6. The van der Waals surface area contributed by atoms with E-state index in [0.29, 0.717) is 46.2 Å². The number of carbonyl (C=O) groups excluding carboxylic acids is 3. The minimum absolute atomic E-state index is 0.0729. The predicted molar refractivity (Wildman–Crippen MR) is 131 cm³/mol. The molecule has 0 spiro atoms. The molecule has 0 atom stereocenters. The number of rotatable bonds is 10. The maximum atomic E-state index is 13.0. The summed E-state index contributed by atoms with van der Waals surface area (Å²) < 4.78 is 10.8. The monoisotopic (exact) mass is 463 g/mol. The summed E-state index contributed by atoms with van der Waals surface area (Å²) in [4.78, 5) is 40.5. The van der Waals surface area contributed by atoms with E-state index in [0.717, 1.165) is 12.0 Å². The molecule has 0 saturated carbocycles. The number of nitrogens with one attached hydrogen (secondary N) is 3. The van der Waals surface area contributed by atoms with E-state index in [-0.39, 0.29) is 24.2 Å². The number of Topliss-reactive ketones (excluding diaryl/α,β-unsaturated/α-hetero) is 1. The van der Waals surface area contributed by atoms with Crippen LogP contribution in [0, 0.1) is 6.92 Å². The molecule has 0 unspecified atom stereocenters. The van der Waals surface area contributed by atoms with Crippen LogP contribution in [-0.2, 0) is 11.2 Å². The van der Waals surface area contributed by atoms with Crippen molar-refractivity contribution in [3.05, 3.63) is 71.0 Å². The lowest BCUT2D eigenvalue weighted by molar-refractivity contribution is -0.118. The van der Waals surface area contributed by atoms with E-state index in [9.17, 15) is 14.4 Å². The third kappa shape index (κ3) is 5.83. The van der Waals surface area contributed by atoms with E-state index >= 15 is 0 Å². The summed E-state index contributed by atoms with van der Waals surface area (Å²) >= 11 is 0. The van der Waals surface area contributed by atoms with Gasteiger partial charge < -0.3 is 25.1 Å². The largest absolute Gasteiger partial charge is 0.493 e. The maximum Gasteiger partial charge on any atom is 0.272 e. The SMILES string of the molecule is CCCc1c(C(=O)Nc2cccc(NC(=O)COc3ccccc3OC)c2)[nH]c(C)c1C(C)=O. The van der Waals surface area contributed by atoms with E-state index in [4.69, 9.17) is 9.47 Å². The van der Waals surface area contributed by atoms with Gasteiger partial charge in [0.2, 0.25) is 0 Å². The van der Waals surface area contributed by atoms with Gasteiger partial charge in [0.1, 0.15) is 5.69 Å². The van der Waals surface area contributed by atoms with Crippen LogP contribution in [0.5, 0.6) is 11.5 Å². The molecule has 0 bridgehead atoms. The Morgan fingerprint density at radius 1 is 0.971 bits per heavy atom. The summed E-state index contributed by atoms with van der Waals surface area (Å²) in [5.41, 5.74) is 3.37. The molecule has 2 amide bonds. The van der Waals surface area contributed by atoms with Gasteiger partial charge in [-0.05, 0) is 56.2 Å². The van der Waals surface area contributed by atoms with Crippen LogP contribution in [-0.4, -0.2) is 36.3 Å². The zero-order chi connectivity index (χ0) is 24.7. The molecule has 0 fully saturated rings. The molecule has 0 aliphatic heterocycles. The Hall–Kier alpha value is -4.07. The molecular formula is C26H29N3O5. The van der Waals surface area contributed by atoms with Crippen LogP contribution in [0.3, 0.4) is 0 Å². The summed E-state index contributed by atoms with van der Waals surface area (Å²) in [6.45, 7) is 5.08. The Labute approximate surface area is 198 Å². The number of para-hydroxylation sites is 2. The summed E-state index contributed by atoms with van der Waals surface area (Å²) in [5, 5.41) is 5.60. The number of hydrogen-bond donors (Lipinski definition) is 3. The molecule has 0 aliphatic rings. The summed E-state index contributed by atoms with van der Waals surface area (Å²) in [6.07, 6.45) is 1.42. The van der Waals surface area contributed by atoms with Crippen LogP contribution in [0.4, 0.5) is 11.4 Å². The van der Waals surface area contributed by atoms with Gasteiger partial charge in [-0.15, -0.1) is 0 Å². The Morgan fingerprint density at radius 3 is 2.29 bits per heavy atom. The second-order valence-electron chi connectivity index (χ2n) is 7.81. The number of carbonyl (C=O) groups is 3. The topological polar surface area (TPSA) is 110 Å². The van der Waals surface area contributed by atoms with E-state index in [2.05, 4.69) is 15.6 Å². The Bertz CT molecular complexity index is 1200. The van der Waals surface area contributed by atoms with Crippen molar-refractivity contribution in [1.82, 2.24) is 4.98 Å². The van der Waals surface area contributed by atoms with Crippen molar-refractivity contribution in [2.45, 2.75) is 33.6 Å². The number of ketones is 1. The number of anilines is 2. The van der Waals surface area contributed by atoms with Gasteiger partial charge in [-0.2, -0.15) is 0 Å². The lowest BCUT2D eigenvalue weighted by Crippen LogP contribution is -2.20. The molecule has 178 valence electrons. The minimum Gasteiger partial charge on any atom is -0.493 e. The Morgan fingerprint density at radius 2 is 1.65 bits per heavy atom. The average Bonchev–Trinajstić information content (AvgIpc) is 3.14. The summed E-state index contributed by atoms with van der Waals surface area (Å²) in [6, 6.07) is 13.9. The van der Waals surface area contributed by atoms with Crippen molar-refractivity contribution >= 4 is 29.0 Å². The fourth-order valence-electron chi connectivity index (χ4n) is 3.79. The standard InChI is InChI=1S/C26H29N3O5/c1-5-9-20-24(17(3)30)16(2)27-25(20)26(32)29-19-11-8-10-18(14-19)28-23(31)15-34-22-13-7-6-12-21(22)33-4/h6-8,10-14,27H,5,9,15H2,1-4H3,(H,28,31)(H,29,32). The molecule has 3 rings (SSSR count). The van der Waals surface area contributed by atoms with Crippen molar-refractivity contribution in [3.63, 3.8) is 0 Å². The van der Waals surface area contributed by atoms with Gasteiger partial charge in [0.05, 0.1) is 7.11 Å². The van der Waals surface area contributed by atoms with E-state index in [1.54, 1.807) is 49.4 Å². The first-order chi connectivity index (χ1) is 16.3. The van der Waals surface area contributed by atoms with Crippen molar-refractivity contribution in [3.8, 4) is 11.5 Å². The molecular weight excluding hydrogens is 434 g/mol. The molecule has 3 aromatic rings. The zero-order valence-electron chi connectivity index (χ0n) is 19.8. The number of aromatic amines is 1. The van der Waals surface area contributed by atoms with Crippen LogP contribution in [0.15, 0.2) is 48.5 Å². The molecule has 8 heteroatoms.